The van der Waals surface area contributed by atoms with Crippen LogP contribution in [0.5, 0.6) is 0 Å². The van der Waals surface area contributed by atoms with Crippen molar-refractivity contribution in [2.45, 2.75) is 0 Å². The maximum Gasteiger partial charge on any atom is 0.187 e. The summed E-state index contributed by atoms with van der Waals surface area (Å²) in [5.41, 5.74) is 4.73. The van der Waals surface area contributed by atoms with E-state index in [-0.39, 0.29) is 12.1 Å². The van der Waals surface area contributed by atoms with Crippen LogP contribution < -0.4 is 5.73 Å². The lowest BCUT2D eigenvalue weighted by molar-refractivity contribution is 0.0998. The van der Waals surface area contributed by atoms with E-state index in [1.807, 2.05) is 0 Å². The molecule has 16 heavy (non-hydrogen) atoms. The number of hydrogen-bond acceptors (Lipinski definition) is 2. The quantitative estimate of drug-likeness (QED) is 0.474. The fraction of sp³-hybridized carbons (Fsp3) is 0.100. The molecule has 0 bridgehead atoms. The lowest BCUT2D eigenvalue weighted by atomic mass is 10.1. The number of halogens is 2. The Bertz CT molecular complexity index is 444. The molecule has 0 aliphatic rings. The van der Waals surface area contributed by atoms with Crippen LogP contribution in [0, 0.1) is 11.6 Å². The number of nitrogens with zero attached hydrogens (tertiary/aromatic N) is 2. The normalized spacial score (nSPS) is 11.4. The largest absolute Gasteiger partial charge is 0.390 e. The number of hydrogen-bond donors (Lipinski definition) is 1. The summed E-state index contributed by atoms with van der Waals surface area (Å²) in [6, 6.07) is 2.74. The van der Waals surface area contributed by atoms with Crippen LogP contribution in [-0.4, -0.2) is 25.0 Å². The topological polar surface area (TPSA) is 67.8 Å². The third kappa shape index (κ3) is 3.23. The van der Waals surface area contributed by atoms with Crippen molar-refractivity contribution in [1.29, 1.82) is 0 Å². The molecule has 84 valence electrons. The van der Waals surface area contributed by atoms with Crippen LogP contribution in [0.3, 0.4) is 0 Å². The van der Waals surface area contributed by atoms with E-state index >= 15 is 0 Å². The Morgan fingerprint density at radius 2 is 2.19 bits per heavy atom. The molecule has 0 unspecified atom stereocenters. The first kappa shape index (κ1) is 12.0. The van der Waals surface area contributed by atoms with Crippen molar-refractivity contribution >= 4 is 18.5 Å². The fourth-order valence-corrected chi connectivity index (χ4v) is 1.01. The minimum atomic E-state index is -0.900. The van der Waals surface area contributed by atoms with Gasteiger partial charge in [0, 0.05) is 6.07 Å². The first-order valence-corrected chi connectivity index (χ1v) is 4.35. The molecule has 6 heteroatoms. The number of benzene rings is 1. The smallest absolute Gasteiger partial charge is 0.187 e. The van der Waals surface area contributed by atoms with Gasteiger partial charge in [-0.2, -0.15) is 0 Å². The molecule has 4 nitrogen and oxygen atoms in total. The Labute approximate surface area is 90.5 Å². The van der Waals surface area contributed by atoms with Crippen LogP contribution in [0.2, 0.25) is 0 Å². The maximum atomic E-state index is 13.1. The van der Waals surface area contributed by atoms with E-state index in [9.17, 15) is 13.6 Å². The molecule has 0 aromatic heterocycles. The summed E-state index contributed by atoms with van der Waals surface area (Å²) in [7, 11) is 0. The average molecular weight is 225 g/mol. The van der Waals surface area contributed by atoms with E-state index in [1.165, 1.54) is 0 Å². The lowest BCUT2D eigenvalue weighted by Gasteiger charge is -1.99. The van der Waals surface area contributed by atoms with Gasteiger partial charge < -0.3 is 5.73 Å². The van der Waals surface area contributed by atoms with E-state index < -0.39 is 17.4 Å². The van der Waals surface area contributed by atoms with Crippen molar-refractivity contribution in [3.05, 3.63) is 35.4 Å². The number of carbonyl (C=O) groups excluding carboxylic acids is 1. The van der Waals surface area contributed by atoms with Crippen LogP contribution in [0.15, 0.2) is 28.2 Å². The fourth-order valence-electron chi connectivity index (χ4n) is 1.01. The molecule has 0 amide bonds. The van der Waals surface area contributed by atoms with Crippen molar-refractivity contribution in [2.75, 3.05) is 6.54 Å². The van der Waals surface area contributed by atoms with Gasteiger partial charge in [-0.3, -0.25) is 9.79 Å². The molecule has 1 aromatic carbocycles. The Hall–Kier alpha value is -2.11. The second-order valence-corrected chi connectivity index (χ2v) is 2.80. The van der Waals surface area contributed by atoms with E-state index in [0.717, 1.165) is 24.8 Å². The van der Waals surface area contributed by atoms with Gasteiger partial charge in [-0.05, 0) is 12.1 Å². The van der Waals surface area contributed by atoms with Crippen LogP contribution in [0.25, 0.3) is 0 Å². The summed E-state index contributed by atoms with van der Waals surface area (Å²) < 4.78 is 25.7. The third-order valence-electron chi connectivity index (χ3n) is 1.70. The number of Topliss-reactive ketones (excluding diaryl/α,β-unsaturated/α-hetero) is 1. The van der Waals surface area contributed by atoms with Gasteiger partial charge >= 0.3 is 0 Å². The number of rotatable bonds is 4. The third-order valence-corrected chi connectivity index (χ3v) is 1.70. The van der Waals surface area contributed by atoms with Crippen LogP contribution in [-0.2, 0) is 0 Å². The average Bonchev–Trinajstić information content (AvgIpc) is 2.24. The number of carbonyl (C=O) groups is 1. The number of nitrogens with two attached hydrogens (primary N) is 1. The first-order valence-electron chi connectivity index (χ1n) is 4.35. The monoisotopic (exact) mass is 225 g/mol. The molecular weight excluding hydrogens is 216 g/mol. The van der Waals surface area contributed by atoms with Crippen molar-refractivity contribution in [3.63, 3.8) is 0 Å². The predicted octanol–water partition coefficient (Wildman–Crippen LogP) is 1.16. The first-order chi connectivity index (χ1) is 7.65. The predicted molar refractivity (Wildman–Crippen MR) is 56.7 cm³/mol. The van der Waals surface area contributed by atoms with Crippen molar-refractivity contribution in [2.24, 2.45) is 15.7 Å². The highest BCUT2D eigenvalue weighted by atomic mass is 19.1. The van der Waals surface area contributed by atoms with Gasteiger partial charge in [-0.1, -0.05) is 0 Å². The molecule has 0 atom stereocenters. The van der Waals surface area contributed by atoms with Gasteiger partial charge in [0.05, 0.1) is 11.9 Å². The minimum absolute atomic E-state index is 0.199. The summed E-state index contributed by atoms with van der Waals surface area (Å²) in [5.74, 6) is -2.19. The van der Waals surface area contributed by atoms with Gasteiger partial charge in [-0.25, -0.2) is 13.8 Å². The molecule has 1 aromatic rings. The Morgan fingerprint density at radius 3 is 2.81 bits per heavy atom. The second kappa shape index (κ2) is 5.69. The second-order valence-electron chi connectivity index (χ2n) is 2.80. The van der Waals surface area contributed by atoms with E-state index in [2.05, 4.69) is 9.98 Å². The lowest BCUT2D eigenvalue weighted by Crippen LogP contribution is -2.06. The minimum Gasteiger partial charge on any atom is -0.390 e. The van der Waals surface area contributed by atoms with Crippen LogP contribution in [0.1, 0.15) is 10.4 Å². The zero-order chi connectivity index (χ0) is 12.0. The number of ketones is 1. The van der Waals surface area contributed by atoms with Gasteiger partial charge in [0.25, 0.3) is 0 Å². The van der Waals surface area contributed by atoms with Crippen molar-refractivity contribution in [3.8, 4) is 0 Å². The molecule has 0 saturated heterocycles. The maximum absolute atomic E-state index is 13.1. The number of aliphatic imine (C=N–C) groups is 2. The van der Waals surface area contributed by atoms with Gasteiger partial charge in [-0.15, -0.1) is 0 Å². The summed E-state index contributed by atoms with van der Waals surface area (Å²) in [5, 5.41) is 0. The van der Waals surface area contributed by atoms with Crippen molar-refractivity contribution < 1.29 is 13.6 Å². The van der Waals surface area contributed by atoms with Gasteiger partial charge in [0.2, 0.25) is 0 Å². The van der Waals surface area contributed by atoms with Crippen LogP contribution in [0.4, 0.5) is 8.78 Å². The van der Waals surface area contributed by atoms with Crippen LogP contribution >= 0.6 is 0 Å². The summed E-state index contributed by atoms with van der Waals surface area (Å²) in [6.45, 7) is -0.264. The standard InChI is InChI=1S/C10H9F2N3O/c11-7-1-2-8(9(12)3-7)10(16)4-14-6-15-5-13/h1-3,5-6H,4H2,(H2,13,14,15). The van der Waals surface area contributed by atoms with Gasteiger partial charge in [0.1, 0.15) is 24.5 Å². The molecule has 0 saturated carbocycles. The molecule has 0 heterocycles. The summed E-state index contributed by atoms with van der Waals surface area (Å²) in [6.07, 6.45) is 2.09. The SMILES string of the molecule is NC=NC=NCC(=O)c1ccc(F)cc1F. The van der Waals surface area contributed by atoms with E-state index in [0.29, 0.717) is 6.07 Å². The molecule has 0 radical (unpaired) electrons. The zero-order valence-electron chi connectivity index (χ0n) is 8.23. The molecule has 1 rings (SSSR count). The molecular formula is C10H9F2N3O. The molecule has 0 spiro atoms. The van der Waals surface area contributed by atoms with Crippen molar-refractivity contribution in [1.82, 2.24) is 0 Å². The Morgan fingerprint density at radius 1 is 1.44 bits per heavy atom. The van der Waals surface area contributed by atoms with E-state index in [4.69, 9.17) is 5.73 Å². The van der Waals surface area contributed by atoms with Gasteiger partial charge in [0.15, 0.2) is 5.78 Å². The summed E-state index contributed by atoms with van der Waals surface area (Å²) >= 11 is 0. The summed E-state index contributed by atoms with van der Waals surface area (Å²) in [4.78, 5) is 18.4. The Kier molecular flexibility index (Phi) is 4.26. The Balaban J connectivity index is 2.73. The molecule has 0 aliphatic heterocycles. The highest BCUT2D eigenvalue weighted by molar-refractivity contribution is 5.98. The highest BCUT2D eigenvalue weighted by Crippen LogP contribution is 2.10. The zero-order valence-corrected chi connectivity index (χ0v) is 8.23. The van der Waals surface area contributed by atoms with E-state index in [1.54, 1.807) is 0 Å². The molecule has 2 N–H and O–H groups in total. The molecule has 0 aliphatic carbocycles. The molecule has 0 fully saturated rings. The highest BCUT2D eigenvalue weighted by Gasteiger charge is 2.11.